The van der Waals surface area contributed by atoms with Crippen molar-refractivity contribution in [3.63, 3.8) is 0 Å². The molecule has 0 saturated carbocycles. The molecular formula is C26H32N3O2+. The molecule has 0 bridgehead atoms. The lowest BCUT2D eigenvalue weighted by Crippen LogP contribution is -3.15. The molecule has 162 valence electrons. The molecule has 1 saturated heterocycles. The van der Waals surface area contributed by atoms with Gasteiger partial charge < -0.3 is 19.9 Å². The Morgan fingerprint density at radius 1 is 1.03 bits per heavy atom. The van der Waals surface area contributed by atoms with Gasteiger partial charge in [-0.05, 0) is 42.3 Å². The van der Waals surface area contributed by atoms with Gasteiger partial charge in [-0.3, -0.25) is 4.79 Å². The highest BCUT2D eigenvalue weighted by molar-refractivity contribution is 5.87. The Bertz CT molecular complexity index is 1020. The second-order valence-corrected chi connectivity index (χ2v) is 8.17. The average molecular weight is 419 g/mol. The van der Waals surface area contributed by atoms with Gasteiger partial charge in [0.2, 0.25) is 0 Å². The van der Waals surface area contributed by atoms with E-state index in [2.05, 4.69) is 59.6 Å². The third kappa shape index (κ3) is 5.00. The van der Waals surface area contributed by atoms with Crippen LogP contribution in [0.5, 0.6) is 5.75 Å². The topological polar surface area (TPSA) is 46.0 Å². The number of rotatable bonds is 7. The Labute approximate surface area is 184 Å². The first-order chi connectivity index (χ1) is 15.2. The highest BCUT2D eigenvalue weighted by atomic mass is 16.5. The summed E-state index contributed by atoms with van der Waals surface area (Å²) in [6, 6.07) is 22.8. The summed E-state index contributed by atoms with van der Waals surface area (Å²) >= 11 is 0. The molecule has 0 aliphatic carbocycles. The number of nitrogens with zero attached hydrogens (tertiary/aromatic N) is 1. The van der Waals surface area contributed by atoms with E-state index < -0.39 is 0 Å². The molecule has 1 amide bonds. The van der Waals surface area contributed by atoms with Gasteiger partial charge >= 0.3 is 0 Å². The van der Waals surface area contributed by atoms with Gasteiger partial charge in [0.25, 0.3) is 5.91 Å². The maximum absolute atomic E-state index is 12.8. The fourth-order valence-corrected chi connectivity index (χ4v) is 4.46. The Morgan fingerprint density at radius 3 is 2.55 bits per heavy atom. The molecule has 3 aromatic carbocycles. The van der Waals surface area contributed by atoms with Gasteiger partial charge in [-0.1, -0.05) is 54.6 Å². The van der Waals surface area contributed by atoms with Crippen molar-refractivity contribution in [2.75, 3.05) is 44.2 Å². The molecule has 1 heterocycles. The molecule has 2 N–H and O–H groups in total. The van der Waals surface area contributed by atoms with Crippen LogP contribution >= 0.6 is 0 Å². The highest BCUT2D eigenvalue weighted by Crippen LogP contribution is 2.28. The van der Waals surface area contributed by atoms with Gasteiger partial charge in [0, 0.05) is 0 Å². The SMILES string of the molecule is CCOc1ccccc1N1CC[NH+](CC(=O)N[C@H](C)c2cccc3ccccc23)CC1. The van der Waals surface area contributed by atoms with Crippen LogP contribution in [0.3, 0.4) is 0 Å². The summed E-state index contributed by atoms with van der Waals surface area (Å²) in [4.78, 5) is 16.4. The van der Waals surface area contributed by atoms with Crippen LogP contribution in [-0.4, -0.2) is 45.2 Å². The Kier molecular flexibility index (Phi) is 6.73. The first kappa shape index (κ1) is 21.2. The van der Waals surface area contributed by atoms with Gasteiger partial charge in [0.1, 0.15) is 5.75 Å². The lowest BCUT2D eigenvalue weighted by atomic mass is 10.00. The summed E-state index contributed by atoms with van der Waals surface area (Å²) in [7, 11) is 0. The summed E-state index contributed by atoms with van der Waals surface area (Å²) in [5.74, 6) is 1.05. The van der Waals surface area contributed by atoms with Crippen LogP contribution in [0.4, 0.5) is 5.69 Å². The van der Waals surface area contributed by atoms with Crippen molar-refractivity contribution in [2.45, 2.75) is 19.9 Å². The zero-order chi connectivity index (χ0) is 21.6. The van der Waals surface area contributed by atoms with Gasteiger partial charge in [0.15, 0.2) is 6.54 Å². The van der Waals surface area contributed by atoms with E-state index in [4.69, 9.17) is 4.74 Å². The number of piperazine rings is 1. The van der Waals surface area contributed by atoms with Crippen LogP contribution in [-0.2, 0) is 4.79 Å². The summed E-state index contributed by atoms with van der Waals surface area (Å²) in [5.41, 5.74) is 2.32. The molecule has 0 aromatic heterocycles. The van der Waals surface area contributed by atoms with E-state index in [0.717, 1.165) is 37.6 Å². The summed E-state index contributed by atoms with van der Waals surface area (Å²) in [6.07, 6.45) is 0. The number of ether oxygens (including phenoxy) is 1. The van der Waals surface area contributed by atoms with Crippen molar-refractivity contribution < 1.29 is 14.4 Å². The summed E-state index contributed by atoms with van der Waals surface area (Å²) in [6.45, 7) is 8.98. The number of carbonyl (C=O) groups excluding carboxylic acids is 1. The smallest absolute Gasteiger partial charge is 0.275 e. The number of para-hydroxylation sites is 2. The average Bonchev–Trinajstić information content (AvgIpc) is 2.80. The number of quaternary nitrogens is 1. The number of hydrogen-bond donors (Lipinski definition) is 2. The molecule has 5 nitrogen and oxygen atoms in total. The number of hydrogen-bond acceptors (Lipinski definition) is 3. The van der Waals surface area contributed by atoms with E-state index in [9.17, 15) is 4.79 Å². The fraction of sp³-hybridized carbons (Fsp3) is 0.346. The molecule has 1 aliphatic heterocycles. The quantitative estimate of drug-likeness (QED) is 0.620. The number of nitrogens with one attached hydrogen (secondary N) is 2. The first-order valence-electron chi connectivity index (χ1n) is 11.2. The van der Waals surface area contributed by atoms with E-state index in [-0.39, 0.29) is 11.9 Å². The third-order valence-electron chi connectivity index (χ3n) is 6.05. The van der Waals surface area contributed by atoms with Crippen LogP contribution in [0, 0.1) is 0 Å². The molecule has 5 heteroatoms. The zero-order valence-corrected chi connectivity index (χ0v) is 18.4. The van der Waals surface area contributed by atoms with Crippen LogP contribution < -0.4 is 19.9 Å². The standard InChI is InChI=1S/C26H31N3O2/c1-3-31-25-14-7-6-13-24(25)29-17-15-28(16-18-29)19-26(30)27-20(2)22-12-8-10-21-9-4-5-11-23(21)22/h4-14,20H,3,15-19H2,1-2H3,(H,27,30)/p+1/t20-/m1/s1. The number of anilines is 1. The van der Waals surface area contributed by atoms with Gasteiger partial charge in [-0.25, -0.2) is 0 Å². The van der Waals surface area contributed by atoms with Crippen molar-refractivity contribution >= 4 is 22.4 Å². The van der Waals surface area contributed by atoms with Gasteiger partial charge in [-0.2, -0.15) is 0 Å². The van der Waals surface area contributed by atoms with Crippen molar-refractivity contribution in [3.8, 4) is 5.75 Å². The second-order valence-electron chi connectivity index (χ2n) is 8.17. The zero-order valence-electron chi connectivity index (χ0n) is 18.4. The molecule has 0 spiro atoms. The maximum atomic E-state index is 12.8. The van der Waals surface area contributed by atoms with E-state index in [0.29, 0.717) is 13.2 Å². The third-order valence-corrected chi connectivity index (χ3v) is 6.05. The summed E-state index contributed by atoms with van der Waals surface area (Å²) in [5, 5.41) is 5.62. The second kappa shape index (κ2) is 9.84. The summed E-state index contributed by atoms with van der Waals surface area (Å²) < 4.78 is 5.79. The minimum absolute atomic E-state index is 0.0163. The Morgan fingerprint density at radius 2 is 1.74 bits per heavy atom. The first-order valence-corrected chi connectivity index (χ1v) is 11.2. The van der Waals surface area contributed by atoms with Crippen molar-refractivity contribution in [2.24, 2.45) is 0 Å². The normalized spacial score (nSPS) is 15.6. The van der Waals surface area contributed by atoms with E-state index in [1.807, 2.05) is 31.2 Å². The lowest BCUT2D eigenvalue weighted by molar-refractivity contribution is -0.892. The Hall–Kier alpha value is -3.05. The van der Waals surface area contributed by atoms with Crippen LogP contribution in [0.25, 0.3) is 10.8 Å². The van der Waals surface area contributed by atoms with Gasteiger partial charge in [-0.15, -0.1) is 0 Å². The van der Waals surface area contributed by atoms with E-state index in [1.54, 1.807) is 0 Å². The van der Waals surface area contributed by atoms with Crippen molar-refractivity contribution in [1.82, 2.24) is 5.32 Å². The number of carbonyl (C=O) groups is 1. The van der Waals surface area contributed by atoms with Crippen LogP contribution in [0.1, 0.15) is 25.5 Å². The maximum Gasteiger partial charge on any atom is 0.275 e. The molecule has 1 atom stereocenters. The minimum Gasteiger partial charge on any atom is -0.492 e. The fourth-order valence-electron chi connectivity index (χ4n) is 4.46. The predicted octanol–water partition coefficient (Wildman–Crippen LogP) is 2.82. The van der Waals surface area contributed by atoms with Crippen LogP contribution in [0.2, 0.25) is 0 Å². The predicted molar refractivity (Wildman–Crippen MR) is 126 cm³/mol. The van der Waals surface area contributed by atoms with Crippen LogP contribution in [0.15, 0.2) is 66.7 Å². The molecule has 4 rings (SSSR count). The van der Waals surface area contributed by atoms with Gasteiger partial charge in [0.05, 0.1) is 44.5 Å². The largest absolute Gasteiger partial charge is 0.492 e. The molecule has 0 radical (unpaired) electrons. The molecule has 31 heavy (non-hydrogen) atoms. The van der Waals surface area contributed by atoms with Crippen molar-refractivity contribution in [1.29, 1.82) is 0 Å². The number of amides is 1. The molecule has 1 fully saturated rings. The monoisotopic (exact) mass is 418 g/mol. The van der Waals surface area contributed by atoms with E-state index >= 15 is 0 Å². The molecule has 1 aliphatic rings. The Balaban J connectivity index is 1.32. The molecular weight excluding hydrogens is 386 g/mol. The molecule has 0 unspecified atom stereocenters. The minimum atomic E-state index is -0.0163. The number of benzene rings is 3. The number of fused-ring (bicyclic) bond motifs is 1. The lowest BCUT2D eigenvalue weighted by Gasteiger charge is -2.34. The highest BCUT2D eigenvalue weighted by Gasteiger charge is 2.24. The molecule has 3 aromatic rings. The van der Waals surface area contributed by atoms with E-state index in [1.165, 1.54) is 21.2 Å². The van der Waals surface area contributed by atoms with Crippen molar-refractivity contribution in [3.05, 3.63) is 72.3 Å².